The molecule has 7 heteroatoms. The van der Waals surface area contributed by atoms with Crippen molar-refractivity contribution in [3.05, 3.63) is 76.8 Å². The Labute approximate surface area is 166 Å². The van der Waals surface area contributed by atoms with E-state index in [-0.39, 0.29) is 16.7 Å². The number of fused-ring (bicyclic) bond motifs is 1. The molecule has 0 aromatic heterocycles. The molecular weight excluding hydrogens is 380 g/mol. The van der Waals surface area contributed by atoms with Gasteiger partial charge in [0.15, 0.2) is 11.5 Å². The lowest BCUT2D eigenvalue weighted by atomic mass is 10.0. The Kier molecular flexibility index (Phi) is 4.49. The average molecular weight is 397 g/mol. The summed E-state index contributed by atoms with van der Waals surface area (Å²) in [6.45, 7) is 0. The van der Waals surface area contributed by atoms with Crippen molar-refractivity contribution in [2.24, 2.45) is 0 Å². The SMILES string of the molecule is COc1ccc(N2C(=O)c3ccccc3N[C@@H]2c2cc(O)c(O)c(Cl)c2)cc1. The van der Waals surface area contributed by atoms with Crippen LogP contribution in [0.3, 0.4) is 0 Å². The van der Waals surface area contributed by atoms with E-state index in [0.29, 0.717) is 28.3 Å². The van der Waals surface area contributed by atoms with Crippen LogP contribution in [-0.4, -0.2) is 23.2 Å². The molecule has 1 amide bonds. The molecule has 3 aromatic carbocycles. The van der Waals surface area contributed by atoms with Gasteiger partial charge in [0, 0.05) is 16.9 Å². The highest BCUT2D eigenvalue weighted by Crippen LogP contribution is 2.41. The molecule has 0 fully saturated rings. The fraction of sp³-hybridized carbons (Fsp3) is 0.0952. The van der Waals surface area contributed by atoms with Crippen LogP contribution in [-0.2, 0) is 0 Å². The maximum Gasteiger partial charge on any atom is 0.262 e. The monoisotopic (exact) mass is 396 g/mol. The lowest BCUT2D eigenvalue weighted by Gasteiger charge is -2.38. The zero-order valence-electron chi connectivity index (χ0n) is 14.9. The Bertz CT molecular complexity index is 1030. The van der Waals surface area contributed by atoms with E-state index in [4.69, 9.17) is 16.3 Å². The Morgan fingerprint density at radius 1 is 1.07 bits per heavy atom. The van der Waals surface area contributed by atoms with Crippen molar-refractivity contribution >= 4 is 28.9 Å². The van der Waals surface area contributed by atoms with E-state index in [0.717, 1.165) is 0 Å². The number of halogens is 1. The number of hydrogen-bond donors (Lipinski definition) is 3. The first-order chi connectivity index (χ1) is 13.5. The van der Waals surface area contributed by atoms with Crippen LogP contribution in [0.15, 0.2) is 60.7 Å². The van der Waals surface area contributed by atoms with Gasteiger partial charge in [0.25, 0.3) is 5.91 Å². The number of methoxy groups -OCH3 is 1. The number of nitrogens with one attached hydrogen (secondary N) is 1. The van der Waals surface area contributed by atoms with E-state index < -0.39 is 11.9 Å². The van der Waals surface area contributed by atoms with Crippen LogP contribution in [0.5, 0.6) is 17.2 Å². The molecule has 3 aromatic rings. The minimum Gasteiger partial charge on any atom is -0.504 e. The van der Waals surface area contributed by atoms with E-state index in [1.165, 1.54) is 12.1 Å². The minimum atomic E-state index is -0.639. The largest absolute Gasteiger partial charge is 0.504 e. The zero-order chi connectivity index (χ0) is 19.8. The number of anilines is 2. The Hall–Kier alpha value is -3.38. The molecule has 28 heavy (non-hydrogen) atoms. The lowest BCUT2D eigenvalue weighted by molar-refractivity contribution is 0.0975. The first-order valence-electron chi connectivity index (χ1n) is 8.54. The van der Waals surface area contributed by atoms with Crippen molar-refractivity contribution in [2.45, 2.75) is 6.17 Å². The van der Waals surface area contributed by atoms with Crippen LogP contribution in [0.25, 0.3) is 0 Å². The maximum atomic E-state index is 13.3. The maximum absolute atomic E-state index is 13.3. The van der Waals surface area contributed by atoms with Gasteiger partial charge in [-0.2, -0.15) is 0 Å². The molecule has 6 nitrogen and oxygen atoms in total. The summed E-state index contributed by atoms with van der Waals surface area (Å²) in [5.41, 5.74) is 2.37. The van der Waals surface area contributed by atoms with Crippen LogP contribution in [0.4, 0.5) is 11.4 Å². The summed E-state index contributed by atoms with van der Waals surface area (Å²) >= 11 is 6.05. The zero-order valence-corrected chi connectivity index (χ0v) is 15.6. The third-order valence-corrected chi connectivity index (χ3v) is 4.95. The van der Waals surface area contributed by atoms with Gasteiger partial charge in [-0.05, 0) is 48.5 Å². The van der Waals surface area contributed by atoms with Crippen molar-refractivity contribution in [1.29, 1.82) is 0 Å². The summed E-state index contributed by atoms with van der Waals surface area (Å²) in [6, 6.07) is 17.2. The number of aromatic hydroxyl groups is 2. The van der Waals surface area contributed by atoms with Gasteiger partial charge in [0.05, 0.1) is 17.7 Å². The van der Waals surface area contributed by atoms with E-state index in [1.807, 2.05) is 12.1 Å². The van der Waals surface area contributed by atoms with Gasteiger partial charge in [-0.25, -0.2) is 0 Å². The molecule has 0 radical (unpaired) electrons. The third kappa shape index (κ3) is 2.97. The van der Waals surface area contributed by atoms with Crippen LogP contribution < -0.4 is 15.0 Å². The molecule has 0 saturated carbocycles. The molecule has 0 bridgehead atoms. The summed E-state index contributed by atoms with van der Waals surface area (Å²) in [5, 5.41) is 23.1. The highest BCUT2D eigenvalue weighted by Gasteiger charge is 2.34. The second-order valence-electron chi connectivity index (χ2n) is 6.34. The standard InChI is InChI=1S/C21H17ClN2O4/c1-28-14-8-6-13(7-9-14)24-20(12-10-16(22)19(26)18(25)11-12)23-17-5-3-2-4-15(17)21(24)27/h2-11,20,23,25-26H,1H3/t20-/m0/s1. The number of phenolic OH excluding ortho intramolecular Hbond substituents is 2. The number of amides is 1. The van der Waals surface area contributed by atoms with Gasteiger partial charge in [0.2, 0.25) is 0 Å². The second-order valence-corrected chi connectivity index (χ2v) is 6.74. The second kappa shape index (κ2) is 6.98. The van der Waals surface area contributed by atoms with Crippen LogP contribution >= 0.6 is 11.6 Å². The third-order valence-electron chi connectivity index (χ3n) is 4.66. The molecular formula is C21H17ClN2O4. The van der Waals surface area contributed by atoms with Gasteiger partial charge >= 0.3 is 0 Å². The molecule has 3 N–H and O–H groups in total. The minimum absolute atomic E-state index is 0.00205. The topological polar surface area (TPSA) is 82.0 Å². The van der Waals surface area contributed by atoms with Crippen molar-refractivity contribution in [2.75, 3.05) is 17.3 Å². The normalized spacial score (nSPS) is 15.7. The summed E-state index contributed by atoms with van der Waals surface area (Å²) in [7, 11) is 1.57. The summed E-state index contributed by atoms with van der Waals surface area (Å²) in [4.78, 5) is 14.9. The summed E-state index contributed by atoms with van der Waals surface area (Å²) < 4.78 is 5.20. The molecule has 4 rings (SSSR count). The molecule has 1 heterocycles. The highest BCUT2D eigenvalue weighted by atomic mass is 35.5. The number of rotatable bonds is 3. The van der Waals surface area contributed by atoms with E-state index in [2.05, 4.69) is 5.32 Å². The predicted octanol–water partition coefficient (Wildman–Crippen LogP) is 4.53. The number of ether oxygens (including phenoxy) is 1. The fourth-order valence-corrected chi connectivity index (χ4v) is 3.48. The fourth-order valence-electron chi connectivity index (χ4n) is 3.26. The predicted molar refractivity (Wildman–Crippen MR) is 107 cm³/mol. The van der Waals surface area contributed by atoms with Gasteiger partial charge in [-0.3, -0.25) is 9.69 Å². The number of hydrogen-bond acceptors (Lipinski definition) is 5. The smallest absolute Gasteiger partial charge is 0.262 e. The number of carbonyl (C=O) groups excluding carboxylic acids is 1. The van der Waals surface area contributed by atoms with Crippen molar-refractivity contribution in [3.8, 4) is 17.2 Å². The van der Waals surface area contributed by atoms with Crippen molar-refractivity contribution < 1.29 is 19.7 Å². The molecule has 1 atom stereocenters. The molecule has 0 unspecified atom stereocenters. The Balaban J connectivity index is 1.87. The molecule has 142 valence electrons. The van der Waals surface area contributed by atoms with Crippen molar-refractivity contribution in [1.82, 2.24) is 0 Å². The quantitative estimate of drug-likeness (QED) is 0.566. The lowest BCUT2D eigenvalue weighted by Crippen LogP contribution is -2.43. The van der Waals surface area contributed by atoms with Gasteiger partial charge in [-0.1, -0.05) is 23.7 Å². The number of nitrogens with zero attached hydrogens (tertiary/aromatic N) is 1. The van der Waals surface area contributed by atoms with Gasteiger partial charge in [0.1, 0.15) is 11.9 Å². The first kappa shape index (κ1) is 18.0. The average Bonchev–Trinajstić information content (AvgIpc) is 2.72. The van der Waals surface area contributed by atoms with Gasteiger partial charge in [-0.15, -0.1) is 0 Å². The molecule has 0 saturated heterocycles. The molecule has 1 aliphatic rings. The van der Waals surface area contributed by atoms with Gasteiger partial charge < -0.3 is 20.3 Å². The van der Waals surface area contributed by atoms with E-state index in [9.17, 15) is 15.0 Å². The van der Waals surface area contributed by atoms with Crippen LogP contribution in [0.2, 0.25) is 5.02 Å². The number of benzene rings is 3. The molecule has 0 aliphatic carbocycles. The Morgan fingerprint density at radius 2 is 1.79 bits per heavy atom. The number of carbonyl (C=O) groups is 1. The number of para-hydroxylation sites is 1. The van der Waals surface area contributed by atoms with Crippen LogP contribution in [0, 0.1) is 0 Å². The van der Waals surface area contributed by atoms with Crippen LogP contribution in [0.1, 0.15) is 22.1 Å². The van der Waals surface area contributed by atoms with E-state index in [1.54, 1.807) is 48.4 Å². The summed E-state index contributed by atoms with van der Waals surface area (Å²) in [6.07, 6.45) is -0.639. The Morgan fingerprint density at radius 3 is 2.46 bits per heavy atom. The van der Waals surface area contributed by atoms with E-state index >= 15 is 0 Å². The molecule has 1 aliphatic heterocycles. The first-order valence-corrected chi connectivity index (χ1v) is 8.92. The summed E-state index contributed by atoms with van der Waals surface area (Å²) in [5.74, 6) is -0.286. The number of phenols is 2. The molecule has 0 spiro atoms. The van der Waals surface area contributed by atoms with Crippen molar-refractivity contribution in [3.63, 3.8) is 0 Å². The highest BCUT2D eigenvalue weighted by molar-refractivity contribution is 6.32.